The molecule has 6 N–H and O–H groups in total. The SMILES string of the molecule is C=c1c2c3[nH]/c1=C\C1N/C(=C\c4[nH]c(c(C)c4C(C)=O)/C=C4\N[C@H](C=3[C@@H](C(=O)OC)C=2O)[C@@H](CCC(=O)O)[C@@H]4C)[C@H](C)[C@H]1CC. The van der Waals surface area contributed by atoms with Crippen molar-refractivity contribution in [3.63, 3.8) is 0 Å². The number of ether oxygens (including phenoxy) is 1. The van der Waals surface area contributed by atoms with Crippen LogP contribution in [0.4, 0.5) is 0 Å². The van der Waals surface area contributed by atoms with Crippen LogP contribution in [-0.2, 0) is 14.3 Å². The molecule has 0 spiro atoms. The number of hydrogen-bond acceptors (Lipinski definition) is 7. The normalized spacial score (nSPS) is 31.2. The van der Waals surface area contributed by atoms with E-state index in [0.717, 1.165) is 40.1 Å². The summed E-state index contributed by atoms with van der Waals surface area (Å²) in [6, 6.07) is -0.542. The molecule has 10 nitrogen and oxygen atoms in total. The largest absolute Gasteiger partial charge is 0.510 e. The Kier molecular flexibility index (Phi) is 7.57. The fourth-order valence-corrected chi connectivity index (χ4v) is 8.21. The molecule has 0 aromatic carbocycles. The molecule has 2 fully saturated rings. The van der Waals surface area contributed by atoms with Crippen LogP contribution in [0, 0.1) is 36.5 Å². The molecule has 7 atom stereocenters. The van der Waals surface area contributed by atoms with Crippen LogP contribution in [-0.4, -0.2) is 57.1 Å². The van der Waals surface area contributed by atoms with E-state index in [9.17, 15) is 24.6 Å². The number of H-pyrrole nitrogens is 2. The van der Waals surface area contributed by atoms with Crippen molar-refractivity contribution in [3.8, 4) is 0 Å². The zero-order valence-corrected chi connectivity index (χ0v) is 26.6. The van der Waals surface area contributed by atoms with Crippen molar-refractivity contribution in [2.24, 2.45) is 29.6 Å². The number of carbonyl (C=O) groups excluding carboxylic acids is 2. The maximum atomic E-state index is 13.3. The summed E-state index contributed by atoms with van der Waals surface area (Å²) in [5, 5.41) is 31.0. The van der Waals surface area contributed by atoms with E-state index in [-0.39, 0.29) is 47.7 Å². The fourth-order valence-electron chi connectivity index (χ4n) is 8.21. The molecule has 6 rings (SSSR count). The first-order valence-corrected chi connectivity index (χ1v) is 15.7. The number of rotatable bonds is 6. The predicted octanol–water partition coefficient (Wildman–Crippen LogP) is 1.78. The van der Waals surface area contributed by atoms with Gasteiger partial charge in [-0.15, -0.1) is 0 Å². The van der Waals surface area contributed by atoms with E-state index >= 15 is 0 Å². The number of aliphatic hydroxyl groups excluding tert-OH is 1. The Bertz CT molecular complexity index is 1930. The van der Waals surface area contributed by atoms with Crippen molar-refractivity contribution in [2.75, 3.05) is 7.11 Å². The molecule has 3 aliphatic heterocycles. The molecule has 2 saturated heterocycles. The zero-order valence-electron chi connectivity index (χ0n) is 26.6. The lowest BCUT2D eigenvalue weighted by Crippen LogP contribution is -2.39. The highest BCUT2D eigenvalue weighted by molar-refractivity contribution is 6.00. The number of carbonyl (C=O) groups is 3. The summed E-state index contributed by atoms with van der Waals surface area (Å²) in [6.45, 7) is 14.2. The number of hydrogen-bond donors (Lipinski definition) is 6. The van der Waals surface area contributed by atoms with Crippen LogP contribution in [0.3, 0.4) is 0 Å². The highest BCUT2D eigenvalue weighted by Crippen LogP contribution is 2.42. The average molecular weight is 615 g/mol. The van der Waals surface area contributed by atoms with Crippen molar-refractivity contribution in [2.45, 2.75) is 66.0 Å². The summed E-state index contributed by atoms with van der Waals surface area (Å²) >= 11 is 0. The monoisotopic (exact) mass is 614 g/mol. The molecule has 1 unspecified atom stereocenters. The van der Waals surface area contributed by atoms with Gasteiger partial charge in [0, 0.05) is 62.7 Å². The number of carboxylic acid groups (broad SMARTS) is 1. The van der Waals surface area contributed by atoms with E-state index in [1.54, 1.807) is 6.92 Å². The van der Waals surface area contributed by atoms with Gasteiger partial charge >= 0.3 is 11.9 Å². The summed E-state index contributed by atoms with van der Waals surface area (Å²) in [7, 11) is 1.29. The van der Waals surface area contributed by atoms with Crippen molar-refractivity contribution < 1.29 is 29.3 Å². The third-order valence-corrected chi connectivity index (χ3v) is 10.6. The third kappa shape index (κ3) is 4.73. The maximum Gasteiger partial charge on any atom is 0.320 e. The van der Waals surface area contributed by atoms with Crippen LogP contribution in [0.1, 0.15) is 74.3 Å². The Labute approximate surface area is 261 Å². The van der Waals surface area contributed by atoms with Crippen molar-refractivity contribution in [1.82, 2.24) is 20.6 Å². The maximum absolute atomic E-state index is 13.3. The Morgan fingerprint density at radius 3 is 2.33 bits per heavy atom. The summed E-state index contributed by atoms with van der Waals surface area (Å²) in [4.78, 5) is 45.0. The van der Waals surface area contributed by atoms with Gasteiger partial charge in [-0.2, -0.15) is 0 Å². The minimum atomic E-state index is -1.06. The van der Waals surface area contributed by atoms with Crippen LogP contribution in [0.25, 0.3) is 36.1 Å². The number of aromatic amines is 2. The highest BCUT2D eigenvalue weighted by Gasteiger charge is 2.46. The van der Waals surface area contributed by atoms with Gasteiger partial charge in [0.05, 0.1) is 24.2 Å². The number of ketones is 1. The van der Waals surface area contributed by atoms with Gasteiger partial charge in [-0.05, 0) is 61.5 Å². The smallest absolute Gasteiger partial charge is 0.320 e. The minimum absolute atomic E-state index is 0.0371. The first-order valence-electron chi connectivity index (χ1n) is 15.7. The van der Waals surface area contributed by atoms with Gasteiger partial charge < -0.3 is 35.6 Å². The van der Waals surface area contributed by atoms with E-state index in [4.69, 9.17) is 4.74 Å². The number of Topliss-reactive ketones (excluding diaryl/α,β-unsaturated/α-hetero) is 1. The molecule has 8 bridgehead atoms. The van der Waals surface area contributed by atoms with Crippen molar-refractivity contribution in [1.29, 1.82) is 0 Å². The van der Waals surface area contributed by atoms with E-state index in [0.29, 0.717) is 33.3 Å². The number of carboxylic acids is 1. The van der Waals surface area contributed by atoms with Gasteiger partial charge in [0.1, 0.15) is 11.7 Å². The summed E-state index contributed by atoms with van der Waals surface area (Å²) in [5.74, 6) is -2.63. The lowest BCUT2D eigenvalue weighted by atomic mass is 9.80. The molecule has 45 heavy (non-hydrogen) atoms. The first kappa shape index (κ1) is 30.6. The number of fused-ring (bicyclic) bond motifs is 8. The number of nitrogens with one attached hydrogen (secondary N) is 4. The summed E-state index contributed by atoms with van der Waals surface area (Å²) < 4.78 is 5.18. The number of esters is 1. The minimum Gasteiger partial charge on any atom is -0.510 e. The van der Waals surface area contributed by atoms with Crippen molar-refractivity contribution >= 4 is 53.9 Å². The molecule has 1 aliphatic carbocycles. The molecular formula is C35H42N4O6. The lowest BCUT2D eigenvalue weighted by molar-refractivity contribution is -0.142. The van der Waals surface area contributed by atoms with E-state index in [2.05, 4.69) is 53.2 Å². The zero-order chi connectivity index (χ0) is 32.5. The van der Waals surface area contributed by atoms with Gasteiger partial charge in [-0.25, -0.2) is 0 Å². The van der Waals surface area contributed by atoms with E-state index in [1.165, 1.54) is 7.11 Å². The molecule has 5 heterocycles. The second kappa shape index (κ2) is 11.2. The van der Waals surface area contributed by atoms with Crippen LogP contribution >= 0.6 is 0 Å². The number of aromatic nitrogens is 2. The summed E-state index contributed by atoms with van der Waals surface area (Å²) in [5.41, 5.74) is 5.47. The standard InChI is InChI=1S/C35H42N4O6/c1-8-19-14(2)21-13-26-28(18(6)40)16(4)23(37-26)11-22-15(3)20(9-10-27(41)42)32(38-22)30-31(35(44)45-7)34(43)29-17(5)24(39-33(29)30)12-25(19)36-21/h11-15,19-20,25,31-32,36-39,43H,5,8-10H2,1-4,6-7H3,(H,41,42)/b21-13-,22-11-,24-12-/t14-,15+,19-,20+,25?,31-,32+/m1/s1. The molecular weight excluding hydrogens is 572 g/mol. The van der Waals surface area contributed by atoms with Crippen molar-refractivity contribution in [3.05, 3.63) is 55.0 Å². The Morgan fingerprint density at radius 1 is 1.02 bits per heavy atom. The lowest BCUT2D eigenvalue weighted by Gasteiger charge is -2.26. The number of methoxy groups -OCH3 is 1. The Balaban J connectivity index is 1.68. The van der Waals surface area contributed by atoms with Crippen LogP contribution in [0.2, 0.25) is 0 Å². The van der Waals surface area contributed by atoms with Gasteiger partial charge in [0.25, 0.3) is 0 Å². The molecule has 4 aliphatic rings. The second-order valence-corrected chi connectivity index (χ2v) is 13.0. The topological polar surface area (TPSA) is 157 Å². The third-order valence-electron chi connectivity index (χ3n) is 10.6. The molecule has 0 amide bonds. The Morgan fingerprint density at radius 2 is 1.69 bits per heavy atom. The van der Waals surface area contributed by atoms with E-state index in [1.807, 2.05) is 19.9 Å². The molecule has 10 heteroatoms. The predicted molar refractivity (Wildman–Crippen MR) is 172 cm³/mol. The quantitative estimate of drug-likeness (QED) is 0.213. The Hall–Kier alpha value is -4.47. The van der Waals surface area contributed by atoms with Crippen LogP contribution in [0.5, 0.6) is 0 Å². The molecule has 2 aromatic rings. The first-order chi connectivity index (χ1) is 21.4. The average Bonchev–Trinajstić information content (AvgIpc) is 3.72. The fraction of sp³-hybridized carbons (Fsp3) is 0.457. The number of allylic oxidation sites excluding steroid dienone is 2. The van der Waals surface area contributed by atoms with Crippen LogP contribution in [0.15, 0.2) is 11.4 Å². The highest BCUT2D eigenvalue weighted by atomic mass is 16.5. The second-order valence-electron chi connectivity index (χ2n) is 13.0. The van der Waals surface area contributed by atoms with E-state index < -0.39 is 23.9 Å². The van der Waals surface area contributed by atoms with Gasteiger partial charge in [0.2, 0.25) is 0 Å². The number of aliphatic carboxylic acids is 1. The molecule has 2 aromatic heterocycles. The van der Waals surface area contributed by atoms with Gasteiger partial charge in [-0.3, -0.25) is 14.4 Å². The molecule has 0 saturated carbocycles. The number of aliphatic hydroxyl groups is 1. The molecule has 0 radical (unpaired) electrons. The van der Waals surface area contributed by atoms with Crippen LogP contribution < -0.4 is 31.8 Å². The van der Waals surface area contributed by atoms with Gasteiger partial charge in [-0.1, -0.05) is 33.8 Å². The van der Waals surface area contributed by atoms with Gasteiger partial charge in [0.15, 0.2) is 5.78 Å². The summed E-state index contributed by atoms with van der Waals surface area (Å²) in [6.07, 6.45) is 7.35. The molecule has 238 valence electrons.